The largest absolute Gasteiger partial charge is 0.397 e. The summed E-state index contributed by atoms with van der Waals surface area (Å²) in [6.07, 6.45) is 4.18. The maximum absolute atomic E-state index is 9.05. The highest BCUT2D eigenvalue weighted by Gasteiger charge is 2.09. The van der Waals surface area contributed by atoms with Crippen molar-refractivity contribution in [2.75, 3.05) is 11.1 Å². The Morgan fingerprint density at radius 3 is 3.00 bits per heavy atom. The van der Waals surface area contributed by atoms with Crippen LogP contribution in [0.5, 0.6) is 0 Å². The molecule has 0 aliphatic rings. The predicted molar refractivity (Wildman–Crippen MR) is 69.2 cm³/mol. The van der Waals surface area contributed by atoms with Gasteiger partial charge in [0.2, 0.25) is 0 Å². The first-order valence-corrected chi connectivity index (χ1v) is 5.59. The number of aryl methyl sites for hydroxylation is 2. The predicted octanol–water partition coefficient (Wildman–Crippen LogP) is 1.57. The molecule has 6 heteroatoms. The van der Waals surface area contributed by atoms with Gasteiger partial charge in [0.25, 0.3) is 0 Å². The highest BCUT2D eigenvalue weighted by Crippen LogP contribution is 2.22. The van der Waals surface area contributed by atoms with E-state index in [0.717, 1.165) is 17.8 Å². The summed E-state index contributed by atoms with van der Waals surface area (Å²) in [6, 6.07) is 3.66. The van der Waals surface area contributed by atoms with Crippen molar-refractivity contribution in [1.29, 1.82) is 5.26 Å². The highest BCUT2D eigenvalue weighted by molar-refractivity contribution is 5.65. The Morgan fingerprint density at radius 2 is 2.33 bits per heavy atom. The summed E-state index contributed by atoms with van der Waals surface area (Å²) in [7, 11) is 1.85. The molecule has 3 N–H and O–H groups in total. The third-order valence-electron chi connectivity index (χ3n) is 2.52. The number of nitrogens with zero attached hydrogens (tertiary/aromatic N) is 4. The molecule has 92 valence electrons. The molecule has 2 aromatic heterocycles. The fraction of sp³-hybridized carbons (Fsp3) is 0.250. The molecule has 0 aliphatic heterocycles. The Hall–Kier alpha value is -2.55. The van der Waals surface area contributed by atoms with E-state index in [-0.39, 0.29) is 0 Å². The zero-order valence-electron chi connectivity index (χ0n) is 10.3. The summed E-state index contributed by atoms with van der Waals surface area (Å²) in [4.78, 5) is 4.13. The molecule has 0 spiro atoms. The number of nitrogens with two attached hydrogens (primary N) is 1. The van der Waals surface area contributed by atoms with E-state index in [0.29, 0.717) is 17.1 Å². The minimum Gasteiger partial charge on any atom is -0.397 e. The second-order valence-electron chi connectivity index (χ2n) is 3.92. The summed E-state index contributed by atoms with van der Waals surface area (Å²) < 4.78 is 1.73. The number of nitriles is 1. The zero-order valence-corrected chi connectivity index (χ0v) is 10.3. The molecule has 0 aliphatic carbocycles. The van der Waals surface area contributed by atoms with E-state index in [1.807, 2.05) is 20.2 Å². The van der Waals surface area contributed by atoms with Gasteiger partial charge in [0.05, 0.1) is 28.8 Å². The number of nitrogen functional groups attached to an aromatic ring is 1. The van der Waals surface area contributed by atoms with E-state index < -0.39 is 0 Å². The minimum absolute atomic E-state index is 0.418. The summed E-state index contributed by atoms with van der Waals surface area (Å²) >= 11 is 0. The molecule has 2 aromatic rings. The number of aromatic nitrogens is 3. The van der Waals surface area contributed by atoms with Crippen LogP contribution in [0.25, 0.3) is 0 Å². The monoisotopic (exact) mass is 242 g/mol. The number of hydrogen-bond acceptors (Lipinski definition) is 5. The fourth-order valence-electron chi connectivity index (χ4n) is 1.69. The summed E-state index contributed by atoms with van der Waals surface area (Å²) in [5.74, 6) is 0.495. The van der Waals surface area contributed by atoms with E-state index in [1.54, 1.807) is 10.7 Å². The highest BCUT2D eigenvalue weighted by atomic mass is 15.3. The normalized spacial score (nSPS) is 10.1. The van der Waals surface area contributed by atoms with Gasteiger partial charge in [-0.25, -0.2) is 4.98 Å². The van der Waals surface area contributed by atoms with Crippen LogP contribution in [-0.4, -0.2) is 14.8 Å². The van der Waals surface area contributed by atoms with E-state index in [1.165, 1.54) is 6.20 Å². The molecular formula is C12H14N6. The Balaban J connectivity index is 2.37. The zero-order chi connectivity index (χ0) is 13.1. The van der Waals surface area contributed by atoms with Gasteiger partial charge in [-0.15, -0.1) is 0 Å². The molecule has 0 aromatic carbocycles. The Kier molecular flexibility index (Phi) is 3.15. The van der Waals surface area contributed by atoms with Crippen LogP contribution in [0.4, 0.5) is 17.2 Å². The van der Waals surface area contributed by atoms with Crippen LogP contribution in [0.2, 0.25) is 0 Å². The molecule has 0 amide bonds. The van der Waals surface area contributed by atoms with Crippen LogP contribution in [0.1, 0.15) is 18.2 Å². The number of anilines is 3. The molecule has 0 saturated carbocycles. The number of nitrogens with one attached hydrogen (secondary N) is 1. The molecule has 0 fully saturated rings. The van der Waals surface area contributed by atoms with Gasteiger partial charge in [0, 0.05) is 13.2 Å². The van der Waals surface area contributed by atoms with Crippen LogP contribution >= 0.6 is 0 Å². The van der Waals surface area contributed by atoms with Crippen molar-refractivity contribution in [3.8, 4) is 6.07 Å². The molecule has 0 unspecified atom stereocenters. The molecule has 18 heavy (non-hydrogen) atoms. The maximum atomic E-state index is 9.05. The van der Waals surface area contributed by atoms with E-state index in [2.05, 4.69) is 21.5 Å². The van der Waals surface area contributed by atoms with Gasteiger partial charge in [-0.1, -0.05) is 6.92 Å². The van der Waals surface area contributed by atoms with Crippen molar-refractivity contribution in [2.45, 2.75) is 13.3 Å². The van der Waals surface area contributed by atoms with Crippen LogP contribution < -0.4 is 11.1 Å². The van der Waals surface area contributed by atoms with Gasteiger partial charge in [0.15, 0.2) is 0 Å². The Bertz CT molecular complexity index is 608. The molecule has 0 atom stereocenters. The molecule has 6 nitrogen and oxygen atoms in total. The standard InChI is InChI=1S/C12H14N6/c1-3-10-11(7-18(2)17-10)16-12-8(5-13)4-9(14)6-15-12/h4,6-7H,3,14H2,1-2H3,(H,15,16). The number of pyridine rings is 1. The van der Waals surface area contributed by atoms with Gasteiger partial charge in [0.1, 0.15) is 11.9 Å². The average molecular weight is 242 g/mol. The number of hydrogen-bond donors (Lipinski definition) is 2. The minimum atomic E-state index is 0.418. The van der Waals surface area contributed by atoms with Crippen LogP contribution in [0, 0.1) is 11.3 Å². The first-order chi connectivity index (χ1) is 8.63. The smallest absolute Gasteiger partial charge is 0.148 e. The first-order valence-electron chi connectivity index (χ1n) is 5.59. The lowest BCUT2D eigenvalue weighted by molar-refractivity contribution is 0.746. The molecule has 2 rings (SSSR count). The summed E-state index contributed by atoms with van der Waals surface area (Å²) in [5.41, 5.74) is 8.27. The SMILES string of the molecule is CCc1nn(C)cc1Nc1ncc(N)cc1C#N. The van der Waals surface area contributed by atoms with Crippen molar-refractivity contribution in [2.24, 2.45) is 7.05 Å². The number of rotatable bonds is 3. The average Bonchev–Trinajstić information content (AvgIpc) is 2.71. The van der Waals surface area contributed by atoms with Crippen molar-refractivity contribution in [3.05, 3.63) is 29.7 Å². The lowest BCUT2D eigenvalue weighted by Gasteiger charge is -2.06. The van der Waals surface area contributed by atoms with Crippen molar-refractivity contribution >= 4 is 17.2 Å². The second-order valence-corrected chi connectivity index (χ2v) is 3.92. The van der Waals surface area contributed by atoms with Gasteiger partial charge in [-0.3, -0.25) is 4.68 Å². The molecule has 2 heterocycles. The van der Waals surface area contributed by atoms with Gasteiger partial charge in [-0.05, 0) is 12.5 Å². The van der Waals surface area contributed by atoms with Crippen LogP contribution in [0.3, 0.4) is 0 Å². The third kappa shape index (κ3) is 2.25. The first kappa shape index (κ1) is 11.9. The Morgan fingerprint density at radius 1 is 1.56 bits per heavy atom. The third-order valence-corrected chi connectivity index (χ3v) is 2.52. The molecule has 0 radical (unpaired) electrons. The topological polar surface area (TPSA) is 92.6 Å². The quantitative estimate of drug-likeness (QED) is 0.852. The van der Waals surface area contributed by atoms with Crippen LogP contribution in [-0.2, 0) is 13.5 Å². The van der Waals surface area contributed by atoms with Crippen molar-refractivity contribution < 1.29 is 0 Å². The lowest BCUT2D eigenvalue weighted by Crippen LogP contribution is -1.99. The Labute approximate surface area is 105 Å². The van der Waals surface area contributed by atoms with Gasteiger partial charge < -0.3 is 11.1 Å². The summed E-state index contributed by atoms with van der Waals surface area (Å²) in [5, 5.41) is 16.5. The van der Waals surface area contributed by atoms with Crippen LogP contribution in [0.15, 0.2) is 18.5 Å². The van der Waals surface area contributed by atoms with E-state index in [4.69, 9.17) is 11.0 Å². The fourth-order valence-corrected chi connectivity index (χ4v) is 1.69. The summed E-state index contributed by atoms with van der Waals surface area (Å²) in [6.45, 7) is 2.02. The molecule has 0 bridgehead atoms. The van der Waals surface area contributed by atoms with Gasteiger partial charge >= 0.3 is 0 Å². The van der Waals surface area contributed by atoms with Gasteiger partial charge in [-0.2, -0.15) is 10.4 Å². The lowest BCUT2D eigenvalue weighted by atomic mass is 10.2. The maximum Gasteiger partial charge on any atom is 0.148 e. The van der Waals surface area contributed by atoms with E-state index in [9.17, 15) is 0 Å². The van der Waals surface area contributed by atoms with E-state index >= 15 is 0 Å². The molecular weight excluding hydrogens is 228 g/mol. The molecule has 0 saturated heterocycles. The van der Waals surface area contributed by atoms with Crippen molar-refractivity contribution in [3.63, 3.8) is 0 Å². The van der Waals surface area contributed by atoms with Crippen molar-refractivity contribution in [1.82, 2.24) is 14.8 Å². The second kappa shape index (κ2) is 4.75.